The van der Waals surface area contributed by atoms with E-state index in [1.807, 2.05) is 20.8 Å². The molecule has 0 spiro atoms. The lowest BCUT2D eigenvalue weighted by molar-refractivity contribution is -0.146. The van der Waals surface area contributed by atoms with Crippen LogP contribution in [0.5, 0.6) is 0 Å². The molecule has 3 N–H and O–H groups in total. The first kappa shape index (κ1) is 16.0. The number of carboxylic acids is 1. The van der Waals surface area contributed by atoms with E-state index in [2.05, 4.69) is 5.32 Å². The van der Waals surface area contributed by atoms with Crippen LogP contribution >= 0.6 is 0 Å². The zero-order valence-corrected chi connectivity index (χ0v) is 12.0. The van der Waals surface area contributed by atoms with Gasteiger partial charge in [0.2, 0.25) is 5.91 Å². The van der Waals surface area contributed by atoms with E-state index in [1.54, 1.807) is 0 Å². The topological polar surface area (TPSA) is 86.6 Å². The van der Waals surface area contributed by atoms with Crippen LogP contribution < -0.4 is 5.32 Å². The fourth-order valence-electron chi connectivity index (χ4n) is 2.81. The molecular weight excluding hydrogens is 246 g/mol. The largest absolute Gasteiger partial charge is 0.481 e. The van der Waals surface area contributed by atoms with Gasteiger partial charge in [0.15, 0.2) is 0 Å². The van der Waals surface area contributed by atoms with Crippen molar-refractivity contribution in [1.82, 2.24) is 5.32 Å². The molecule has 0 aliphatic heterocycles. The van der Waals surface area contributed by atoms with Crippen LogP contribution in [0.2, 0.25) is 0 Å². The molecule has 1 rings (SSSR count). The van der Waals surface area contributed by atoms with Crippen molar-refractivity contribution in [3.05, 3.63) is 0 Å². The number of carbonyl (C=O) groups is 2. The molecule has 5 heteroatoms. The lowest BCUT2D eigenvalue weighted by Crippen LogP contribution is -2.48. The van der Waals surface area contributed by atoms with Gasteiger partial charge in [-0.3, -0.25) is 9.59 Å². The summed E-state index contributed by atoms with van der Waals surface area (Å²) < 4.78 is 0. The number of aliphatic hydroxyl groups excluding tert-OH is 1. The summed E-state index contributed by atoms with van der Waals surface area (Å²) in [5.41, 5.74) is -0.501. The number of carboxylic acid groups (broad SMARTS) is 1. The first-order chi connectivity index (χ1) is 8.80. The second kappa shape index (κ2) is 6.37. The zero-order valence-electron chi connectivity index (χ0n) is 12.0. The van der Waals surface area contributed by atoms with Gasteiger partial charge < -0.3 is 15.5 Å². The number of hydrogen-bond acceptors (Lipinski definition) is 3. The SMILES string of the molecule is CCC1CC(C(=O)O)C(C(=O)NC(C)(C)CCO)C1. The van der Waals surface area contributed by atoms with Crippen molar-refractivity contribution in [3.63, 3.8) is 0 Å². The molecule has 1 amide bonds. The molecule has 0 heterocycles. The molecule has 0 aromatic rings. The van der Waals surface area contributed by atoms with Gasteiger partial charge in [-0.2, -0.15) is 0 Å². The summed E-state index contributed by atoms with van der Waals surface area (Å²) in [6.07, 6.45) is 2.60. The Morgan fingerprint density at radius 3 is 2.32 bits per heavy atom. The third-order valence-corrected chi connectivity index (χ3v) is 4.09. The van der Waals surface area contributed by atoms with Gasteiger partial charge in [0.25, 0.3) is 0 Å². The number of aliphatic carboxylic acids is 1. The maximum atomic E-state index is 12.3. The van der Waals surface area contributed by atoms with Crippen LogP contribution in [-0.4, -0.2) is 34.2 Å². The highest BCUT2D eigenvalue weighted by Crippen LogP contribution is 2.38. The fourth-order valence-corrected chi connectivity index (χ4v) is 2.81. The van der Waals surface area contributed by atoms with E-state index in [4.69, 9.17) is 5.11 Å². The molecular formula is C14H25NO4. The monoisotopic (exact) mass is 271 g/mol. The van der Waals surface area contributed by atoms with Crippen molar-refractivity contribution < 1.29 is 19.8 Å². The van der Waals surface area contributed by atoms with E-state index in [9.17, 15) is 14.7 Å². The summed E-state index contributed by atoms with van der Waals surface area (Å²) >= 11 is 0. The number of amides is 1. The quantitative estimate of drug-likeness (QED) is 0.681. The smallest absolute Gasteiger partial charge is 0.307 e. The van der Waals surface area contributed by atoms with E-state index in [0.717, 1.165) is 6.42 Å². The highest BCUT2D eigenvalue weighted by Gasteiger charge is 2.43. The molecule has 0 aromatic carbocycles. The minimum atomic E-state index is -0.879. The fraction of sp³-hybridized carbons (Fsp3) is 0.857. The normalized spacial score (nSPS) is 27.3. The van der Waals surface area contributed by atoms with E-state index >= 15 is 0 Å². The Morgan fingerprint density at radius 2 is 1.84 bits per heavy atom. The van der Waals surface area contributed by atoms with Gasteiger partial charge in [0.1, 0.15) is 0 Å². The number of carbonyl (C=O) groups excluding carboxylic acids is 1. The van der Waals surface area contributed by atoms with Crippen LogP contribution in [0, 0.1) is 17.8 Å². The van der Waals surface area contributed by atoms with Crippen molar-refractivity contribution in [3.8, 4) is 0 Å². The standard InChI is InChI=1S/C14H25NO4/c1-4-9-7-10(11(8-9)13(18)19)12(17)15-14(2,3)5-6-16/h9-11,16H,4-8H2,1-3H3,(H,15,17)(H,18,19). The van der Waals surface area contributed by atoms with Crippen LogP contribution in [0.3, 0.4) is 0 Å². The molecule has 0 saturated heterocycles. The van der Waals surface area contributed by atoms with E-state index in [-0.39, 0.29) is 12.5 Å². The van der Waals surface area contributed by atoms with E-state index < -0.39 is 23.3 Å². The van der Waals surface area contributed by atoms with Crippen molar-refractivity contribution in [2.75, 3.05) is 6.61 Å². The van der Waals surface area contributed by atoms with Crippen molar-refractivity contribution in [1.29, 1.82) is 0 Å². The zero-order chi connectivity index (χ0) is 14.6. The van der Waals surface area contributed by atoms with Crippen LogP contribution in [0.4, 0.5) is 0 Å². The summed E-state index contributed by atoms with van der Waals surface area (Å²) in [7, 11) is 0. The number of aliphatic hydroxyl groups is 1. The van der Waals surface area contributed by atoms with Crippen molar-refractivity contribution in [2.24, 2.45) is 17.8 Å². The Morgan fingerprint density at radius 1 is 1.26 bits per heavy atom. The molecule has 110 valence electrons. The van der Waals surface area contributed by atoms with Crippen LogP contribution in [0.15, 0.2) is 0 Å². The van der Waals surface area contributed by atoms with E-state index in [0.29, 0.717) is 25.2 Å². The van der Waals surface area contributed by atoms with Crippen molar-refractivity contribution in [2.45, 2.75) is 52.0 Å². The molecule has 1 saturated carbocycles. The number of rotatable bonds is 6. The molecule has 0 bridgehead atoms. The van der Waals surface area contributed by atoms with Crippen LogP contribution in [0.1, 0.15) is 46.5 Å². The second-order valence-corrected chi connectivity index (χ2v) is 6.14. The van der Waals surface area contributed by atoms with Gasteiger partial charge in [-0.15, -0.1) is 0 Å². The van der Waals surface area contributed by atoms with Crippen LogP contribution in [0.25, 0.3) is 0 Å². The third kappa shape index (κ3) is 4.20. The summed E-state index contributed by atoms with van der Waals surface area (Å²) in [5.74, 6) is -1.77. The minimum absolute atomic E-state index is 0.00209. The molecule has 5 nitrogen and oxygen atoms in total. The molecule has 1 fully saturated rings. The average Bonchev–Trinajstić information content (AvgIpc) is 2.72. The van der Waals surface area contributed by atoms with Gasteiger partial charge in [0, 0.05) is 12.1 Å². The Hall–Kier alpha value is -1.10. The lowest BCUT2D eigenvalue weighted by Gasteiger charge is -2.28. The summed E-state index contributed by atoms with van der Waals surface area (Å²) in [6.45, 7) is 5.70. The first-order valence-corrected chi connectivity index (χ1v) is 6.96. The second-order valence-electron chi connectivity index (χ2n) is 6.14. The molecule has 1 aliphatic rings. The first-order valence-electron chi connectivity index (χ1n) is 6.96. The van der Waals surface area contributed by atoms with Gasteiger partial charge in [-0.25, -0.2) is 0 Å². The average molecular weight is 271 g/mol. The minimum Gasteiger partial charge on any atom is -0.481 e. The van der Waals surface area contributed by atoms with Gasteiger partial charge in [-0.1, -0.05) is 13.3 Å². The molecule has 0 aromatic heterocycles. The Labute approximate surface area is 114 Å². The van der Waals surface area contributed by atoms with Gasteiger partial charge in [-0.05, 0) is 39.0 Å². The number of nitrogens with one attached hydrogen (secondary N) is 1. The summed E-state index contributed by atoms with van der Waals surface area (Å²) in [4.78, 5) is 23.5. The van der Waals surface area contributed by atoms with Crippen LogP contribution in [-0.2, 0) is 9.59 Å². The van der Waals surface area contributed by atoms with E-state index in [1.165, 1.54) is 0 Å². The third-order valence-electron chi connectivity index (χ3n) is 4.09. The maximum Gasteiger partial charge on any atom is 0.307 e. The summed E-state index contributed by atoms with van der Waals surface area (Å²) in [6, 6.07) is 0. The van der Waals surface area contributed by atoms with Crippen molar-refractivity contribution >= 4 is 11.9 Å². The predicted octanol–water partition coefficient (Wildman–Crippen LogP) is 1.40. The molecule has 1 aliphatic carbocycles. The molecule has 3 unspecified atom stereocenters. The predicted molar refractivity (Wildman–Crippen MR) is 71.6 cm³/mol. The molecule has 19 heavy (non-hydrogen) atoms. The molecule has 0 radical (unpaired) electrons. The number of hydrogen-bond donors (Lipinski definition) is 3. The highest BCUT2D eigenvalue weighted by atomic mass is 16.4. The Bertz CT molecular complexity index is 340. The Kier molecular flexibility index (Phi) is 5.35. The van der Waals surface area contributed by atoms with Gasteiger partial charge >= 0.3 is 5.97 Å². The highest BCUT2D eigenvalue weighted by molar-refractivity contribution is 5.85. The lowest BCUT2D eigenvalue weighted by atomic mass is 9.93. The summed E-state index contributed by atoms with van der Waals surface area (Å²) in [5, 5.41) is 21.0. The van der Waals surface area contributed by atoms with Gasteiger partial charge in [0.05, 0.1) is 11.8 Å². The Balaban J connectivity index is 2.71. The molecule has 3 atom stereocenters. The maximum absolute atomic E-state index is 12.3.